The van der Waals surface area contributed by atoms with Gasteiger partial charge in [-0.25, -0.2) is 0 Å². The number of methoxy groups -OCH3 is 1. The molecule has 1 atom stereocenters. The summed E-state index contributed by atoms with van der Waals surface area (Å²) in [7, 11) is 1.59. The van der Waals surface area contributed by atoms with E-state index in [9.17, 15) is 5.11 Å². The van der Waals surface area contributed by atoms with Crippen LogP contribution in [-0.4, -0.2) is 22.8 Å². The average molecular weight is 195 g/mol. The Morgan fingerprint density at radius 2 is 2.00 bits per heavy atom. The molecule has 0 saturated carbocycles. The molecule has 3 heteroatoms. The number of hydrogen-bond donors (Lipinski definition) is 1. The van der Waals surface area contributed by atoms with Gasteiger partial charge in [0, 0.05) is 25.1 Å². The van der Waals surface area contributed by atoms with Crippen LogP contribution in [0.2, 0.25) is 0 Å². The fourth-order valence-electron chi connectivity index (χ4n) is 1.20. The van der Waals surface area contributed by atoms with Crippen LogP contribution in [0, 0.1) is 0 Å². The SMILES string of the molecule is COC(C)(C)C(C)(O)c1cccnc1. The van der Waals surface area contributed by atoms with Crippen molar-refractivity contribution in [1.82, 2.24) is 4.98 Å². The maximum atomic E-state index is 10.3. The Bertz CT molecular complexity index is 293. The number of aromatic nitrogens is 1. The highest BCUT2D eigenvalue weighted by molar-refractivity contribution is 5.20. The Balaban J connectivity index is 3.08. The summed E-state index contributed by atoms with van der Waals surface area (Å²) in [5, 5.41) is 10.3. The third kappa shape index (κ3) is 1.79. The maximum absolute atomic E-state index is 10.3. The summed E-state index contributed by atoms with van der Waals surface area (Å²) < 4.78 is 5.28. The van der Waals surface area contributed by atoms with Gasteiger partial charge >= 0.3 is 0 Å². The molecule has 78 valence electrons. The highest BCUT2D eigenvalue weighted by Gasteiger charge is 2.41. The minimum atomic E-state index is -1.05. The molecule has 1 rings (SSSR count). The molecule has 1 aromatic rings. The quantitative estimate of drug-likeness (QED) is 0.798. The molecule has 0 fully saturated rings. The van der Waals surface area contributed by atoms with Crippen molar-refractivity contribution in [3.8, 4) is 0 Å². The molecule has 3 nitrogen and oxygen atoms in total. The molecule has 0 aromatic carbocycles. The van der Waals surface area contributed by atoms with E-state index in [0.29, 0.717) is 0 Å². The first-order valence-electron chi connectivity index (χ1n) is 4.60. The van der Waals surface area contributed by atoms with E-state index in [1.165, 1.54) is 0 Å². The van der Waals surface area contributed by atoms with Crippen molar-refractivity contribution in [2.45, 2.75) is 32.0 Å². The van der Waals surface area contributed by atoms with Crippen LogP contribution in [-0.2, 0) is 10.3 Å². The Kier molecular flexibility index (Phi) is 2.92. The molecule has 1 N–H and O–H groups in total. The molecule has 14 heavy (non-hydrogen) atoms. The van der Waals surface area contributed by atoms with Crippen molar-refractivity contribution in [2.24, 2.45) is 0 Å². The van der Waals surface area contributed by atoms with E-state index in [2.05, 4.69) is 4.98 Å². The van der Waals surface area contributed by atoms with E-state index in [-0.39, 0.29) is 0 Å². The van der Waals surface area contributed by atoms with E-state index in [0.717, 1.165) is 5.56 Å². The first kappa shape index (κ1) is 11.1. The second-order valence-electron chi connectivity index (χ2n) is 4.03. The Morgan fingerprint density at radius 3 is 2.43 bits per heavy atom. The van der Waals surface area contributed by atoms with Crippen LogP contribution in [0.1, 0.15) is 26.3 Å². The molecule has 0 aliphatic rings. The van der Waals surface area contributed by atoms with Gasteiger partial charge in [-0.15, -0.1) is 0 Å². The van der Waals surface area contributed by atoms with Crippen LogP contribution in [0.4, 0.5) is 0 Å². The Hall–Kier alpha value is -0.930. The minimum Gasteiger partial charge on any atom is -0.382 e. The number of pyridine rings is 1. The third-order valence-electron chi connectivity index (χ3n) is 2.91. The lowest BCUT2D eigenvalue weighted by molar-refractivity contribution is -0.145. The molecule has 1 aromatic heterocycles. The minimum absolute atomic E-state index is 0.643. The van der Waals surface area contributed by atoms with Gasteiger partial charge in [0.1, 0.15) is 5.60 Å². The van der Waals surface area contributed by atoms with Gasteiger partial charge in [-0.1, -0.05) is 6.07 Å². The molecule has 0 aliphatic carbocycles. The monoisotopic (exact) mass is 195 g/mol. The molecule has 0 bridgehead atoms. The van der Waals surface area contributed by atoms with E-state index < -0.39 is 11.2 Å². The summed E-state index contributed by atoms with van der Waals surface area (Å²) in [6.45, 7) is 5.42. The molecular weight excluding hydrogens is 178 g/mol. The van der Waals surface area contributed by atoms with Gasteiger partial charge in [-0.3, -0.25) is 4.98 Å². The number of aliphatic hydroxyl groups is 1. The van der Waals surface area contributed by atoms with Crippen LogP contribution in [0.3, 0.4) is 0 Å². The fourth-order valence-corrected chi connectivity index (χ4v) is 1.20. The summed E-state index contributed by atoms with van der Waals surface area (Å²) in [5.74, 6) is 0. The highest BCUT2D eigenvalue weighted by Crippen LogP contribution is 2.33. The van der Waals surface area contributed by atoms with E-state index in [4.69, 9.17) is 4.74 Å². The zero-order chi connectivity index (χ0) is 10.8. The molecule has 0 radical (unpaired) electrons. The molecule has 0 amide bonds. The van der Waals surface area contributed by atoms with Crippen molar-refractivity contribution in [1.29, 1.82) is 0 Å². The molecule has 1 heterocycles. The average Bonchev–Trinajstić information content (AvgIpc) is 2.19. The van der Waals surface area contributed by atoms with Crippen LogP contribution in [0.25, 0.3) is 0 Å². The molecular formula is C11H17NO2. The fraction of sp³-hybridized carbons (Fsp3) is 0.545. The standard InChI is InChI=1S/C11H17NO2/c1-10(2,14-4)11(3,13)9-6-5-7-12-8-9/h5-8,13H,1-4H3. The topological polar surface area (TPSA) is 42.4 Å². The summed E-state index contributed by atoms with van der Waals surface area (Å²) >= 11 is 0. The Labute approximate surface area is 84.7 Å². The van der Waals surface area contributed by atoms with Crippen LogP contribution in [0.15, 0.2) is 24.5 Å². The molecule has 0 saturated heterocycles. The van der Waals surface area contributed by atoms with E-state index >= 15 is 0 Å². The first-order valence-corrected chi connectivity index (χ1v) is 4.60. The zero-order valence-electron chi connectivity index (χ0n) is 9.11. The number of hydrogen-bond acceptors (Lipinski definition) is 3. The van der Waals surface area contributed by atoms with Gasteiger partial charge in [0.15, 0.2) is 0 Å². The predicted octanol–water partition coefficient (Wildman–Crippen LogP) is 1.71. The summed E-state index contributed by atoms with van der Waals surface area (Å²) in [6.07, 6.45) is 3.33. The lowest BCUT2D eigenvalue weighted by Gasteiger charge is -2.38. The van der Waals surface area contributed by atoms with E-state index in [1.807, 2.05) is 19.9 Å². The van der Waals surface area contributed by atoms with Gasteiger partial charge in [0.05, 0.1) is 5.60 Å². The summed E-state index contributed by atoms with van der Waals surface area (Å²) in [6, 6.07) is 3.64. The van der Waals surface area contributed by atoms with Gasteiger partial charge in [-0.2, -0.15) is 0 Å². The smallest absolute Gasteiger partial charge is 0.117 e. The number of ether oxygens (including phenoxy) is 1. The molecule has 0 aliphatic heterocycles. The Morgan fingerprint density at radius 1 is 1.36 bits per heavy atom. The van der Waals surface area contributed by atoms with Gasteiger partial charge < -0.3 is 9.84 Å². The van der Waals surface area contributed by atoms with Crippen molar-refractivity contribution >= 4 is 0 Å². The lowest BCUT2D eigenvalue weighted by Crippen LogP contribution is -2.46. The predicted molar refractivity (Wildman–Crippen MR) is 54.9 cm³/mol. The zero-order valence-corrected chi connectivity index (χ0v) is 9.11. The van der Waals surface area contributed by atoms with Gasteiger partial charge in [0.2, 0.25) is 0 Å². The van der Waals surface area contributed by atoms with Crippen molar-refractivity contribution in [3.05, 3.63) is 30.1 Å². The van der Waals surface area contributed by atoms with Crippen LogP contribution >= 0.6 is 0 Å². The van der Waals surface area contributed by atoms with Crippen molar-refractivity contribution in [2.75, 3.05) is 7.11 Å². The normalized spacial score (nSPS) is 16.4. The lowest BCUT2D eigenvalue weighted by atomic mass is 9.82. The van der Waals surface area contributed by atoms with Gasteiger partial charge in [-0.05, 0) is 26.8 Å². The third-order valence-corrected chi connectivity index (χ3v) is 2.91. The van der Waals surface area contributed by atoms with Gasteiger partial charge in [0.25, 0.3) is 0 Å². The van der Waals surface area contributed by atoms with Crippen molar-refractivity contribution in [3.63, 3.8) is 0 Å². The molecule has 0 spiro atoms. The first-order chi connectivity index (χ1) is 6.42. The molecule has 1 unspecified atom stereocenters. The number of nitrogens with zero attached hydrogens (tertiary/aromatic N) is 1. The van der Waals surface area contributed by atoms with E-state index in [1.54, 1.807) is 32.5 Å². The van der Waals surface area contributed by atoms with Crippen LogP contribution in [0.5, 0.6) is 0 Å². The summed E-state index contributed by atoms with van der Waals surface area (Å²) in [4.78, 5) is 3.98. The number of rotatable bonds is 3. The summed E-state index contributed by atoms with van der Waals surface area (Å²) in [5.41, 5.74) is -0.932. The maximum Gasteiger partial charge on any atom is 0.117 e. The largest absolute Gasteiger partial charge is 0.382 e. The van der Waals surface area contributed by atoms with Crippen LogP contribution < -0.4 is 0 Å². The second kappa shape index (κ2) is 3.67. The highest BCUT2D eigenvalue weighted by atomic mass is 16.5. The van der Waals surface area contributed by atoms with Crippen molar-refractivity contribution < 1.29 is 9.84 Å². The second-order valence-corrected chi connectivity index (χ2v) is 4.03.